The number of benzene rings is 1. The number of rotatable bonds is 5. The molecule has 15 heavy (non-hydrogen) atoms. The first-order chi connectivity index (χ1) is 7.08. The largest absolute Gasteiger partial charge is 0.328 e. The summed E-state index contributed by atoms with van der Waals surface area (Å²) in [5.74, 6) is 0. The predicted octanol–water partition coefficient (Wildman–Crippen LogP) is 1.68. The van der Waals surface area contributed by atoms with E-state index < -0.39 is 0 Å². The van der Waals surface area contributed by atoms with Crippen molar-refractivity contribution in [1.82, 2.24) is 4.90 Å². The molecule has 1 unspecified atom stereocenters. The smallest absolute Gasteiger partial charge is 0.00509 e. The first-order valence-electron chi connectivity index (χ1n) is 5.56. The average molecular weight is 206 g/mol. The Labute approximate surface area is 93.1 Å². The van der Waals surface area contributed by atoms with Gasteiger partial charge < -0.3 is 10.6 Å². The van der Waals surface area contributed by atoms with Gasteiger partial charge >= 0.3 is 0 Å². The molecule has 1 atom stereocenters. The van der Waals surface area contributed by atoms with Crippen molar-refractivity contribution in [3.8, 4) is 0 Å². The van der Waals surface area contributed by atoms with Gasteiger partial charge in [-0.3, -0.25) is 0 Å². The maximum Gasteiger partial charge on any atom is 0.00509 e. The average Bonchev–Trinajstić information content (AvgIpc) is 2.16. The van der Waals surface area contributed by atoms with Crippen LogP contribution in [0.4, 0.5) is 0 Å². The zero-order valence-electron chi connectivity index (χ0n) is 10.0. The van der Waals surface area contributed by atoms with Crippen molar-refractivity contribution in [3.05, 3.63) is 35.4 Å². The number of likely N-dealkylation sites (N-methyl/N-ethyl adjacent to an activating group) is 1. The number of hydrogen-bond acceptors (Lipinski definition) is 2. The molecular formula is C13H22N2. The van der Waals surface area contributed by atoms with E-state index in [2.05, 4.69) is 43.3 Å². The summed E-state index contributed by atoms with van der Waals surface area (Å²) in [6.45, 7) is 3.15. The summed E-state index contributed by atoms with van der Waals surface area (Å²) in [7, 11) is 4.20. The molecule has 0 bridgehead atoms. The summed E-state index contributed by atoms with van der Waals surface area (Å²) in [5, 5.41) is 0. The number of nitrogens with two attached hydrogens (primary N) is 1. The second-order valence-electron chi connectivity index (χ2n) is 4.55. The van der Waals surface area contributed by atoms with Crippen LogP contribution in [0, 0.1) is 0 Å². The second-order valence-corrected chi connectivity index (χ2v) is 4.55. The van der Waals surface area contributed by atoms with Gasteiger partial charge in [-0.15, -0.1) is 0 Å². The molecule has 1 aromatic carbocycles. The monoisotopic (exact) mass is 206 g/mol. The van der Waals surface area contributed by atoms with Crippen molar-refractivity contribution in [3.63, 3.8) is 0 Å². The molecule has 0 amide bonds. The van der Waals surface area contributed by atoms with Gasteiger partial charge in [-0.25, -0.2) is 0 Å². The van der Waals surface area contributed by atoms with E-state index in [-0.39, 0.29) is 6.04 Å². The third kappa shape index (κ3) is 4.96. The van der Waals surface area contributed by atoms with Crippen LogP contribution in [0.5, 0.6) is 0 Å². The first kappa shape index (κ1) is 12.2. The molecule has 0 aliphatic heterocycles. The lowest BCUT2D eigenvalue weighted by Gasteiger charge is -2.10. The van der Waals surface area contributed by atoms with Gasteiger partial charge in [0.05, 0.1) is 0 Å². The van der Waals surface area contributed by atoms with Crippen molar-refractivity contribution in [2.75, 3.05) is 20.6 Å². The Morgan fingerprint density at radius 3 is 2.13 bits per heavy atom. The Hall–Kier alpha value is -0.860. The lowest BCUT2D eigenvalue weighted by Crippen LogP contribution is -2.17. The molecule has 2 N–H and O–H groups in total. The Bertz CT molecular complexity index is 275. The molecule has 0 spiro atoms. The zero-order valence-corrected chi connectivity index (χ0v) is 10.0. The van der Waals surface area contributed by atoms with Crippen molar-refractivity contribution in [2.24, 2.45) is 5.73 Å². The lowest BCUT2D eigenvalue weighted by atomic mass is 10.0. The van der Waals surface area contributed by atoms with E-state index in [9.17, 15) is 0 Å². The molecule has 0 radical (unpaired) electrons. The summed E-state index contributed by atoms with van der Waals surface area (Å²) in [6, 6.07) is 9.04. The van der Waals surface area contributed by atoms with E-state index in [4.69, 9.17) is 5.73 Å². The molecule has 0 aliphatic rings. The molecule has 0 aliphatic carbocycles. The van der Waals surface area contributed by atoms with E-state index in [0.29, 0.717) is 0 Å². The molecule has 0 fully saturated rings. The van der Waals surface area contributed by atoms with Crippen LogP contribution in [0.1, 0.15) is 18.1 Å². The minimum atomic E-state index is 0.248. The van der Waals surface area contributed by atoms with Crippen molar-refractivity contribution in [2.45, 2.75) is 25.8 Å². The lowest BCUT2D eigenvalue weighted by molar-refractivity contribution is 0.413. The highest BCUT2D eigenvalue weighted by atomic mass is 15.0. The van der Waals surface area contributed by atoms with Crippen LogP contribution in [-0.4, -0.2) is 31.6 Å². The Kier molecular flexibility index (Phi) is 4.79. The normalized spacial score (nSPS) is 13.1. The Balaban J connectivity index is 2.49. The highest BCUT2D eigenvalue weighted by Crippen LogP contribution is 2.07. The molecular weight excluding hydrogens is 184 g/mol. The molecule has 0 saturated heterocycles. The van der Waals surface area contributed by atoms with Gasteiger partial charge in [0.2, 0.25) is 0 Å². The maximum atomic E-state index is 5.75. The molecule has 0 aromatic heterocycles. The minimum Gasteiger partial charge on any atom is -0.328 e. The van der Waals surface area contributed by atoms with Gasteiger partial charge in [0.25, 0.3) is 0 Å². The van der Waals surface area contributed by atoms with E-state index in [1.54, 1.807) is 0 Å². The van der Waals surface area contributed by atoms with Crippen LogP contribution in [0.15, 0.2) is 24.3 Å². The van der Waals surface area contributed by atoms with E-state index in [1.807, 2.05) is 6.92 Å². The molecule has 1 rings (SSSR count). The molecule has 84 valence electrons. The van der Waals surface area contributed by atoms with Crippen LogP contribution in [-0.2, 0) is 12.8 Å². The van der Waals surface area contributed by atoms with Crippen LogP contribution >= 0.6 is 0 Å². The Morgan fingerprint density at radius 1 is 1.13 bits per heavy atom. The summed E-state index contributed by atoms with van der Waals surface area (Å²) in [4.78, 5) is 2.20. The third-order valence-corrected chi connectivity index (χ3v) is 2.43. The van der Waals surface area contributed by atoms with Crippen LogP contribution in [0.3, 0.4) is 0 Å². The highest BCUT2D eigenvalue weighted by Gasteiger charge is 1.98. The van der Waals surface area contributed by atoms with Crippen LogP contribution < -0.4 is 5.73 Å². The fourth-order valence-corrected chi connectivity index (χ4v) is 1.57. The summed E-state index contributed by atoms with van der Waals surface area (Å²) in [5.41, 5.74) is 8.49. The summed E-state index contributed by atoms with van der Waals surface area (Å²) in [6.07, 6.45) is 2.08. The zero-order chi connectivity index (χ0) is 11.3. The molecule has 0 saturated carbocycles. The van der Waals surface area contributed by atoms with Gasteiger partial charge in [-0.05, 0) is 45.0 Å². The molecule has 2 heteroatoms. The maximum absolute atomic E-state index is 5.75. The summed E-state index contributed by atoms with van der Waals surface area (Å²) < 4.78 is 0. The van der Waals surface area contributed by atoms with E-state index in [0.717, 1.165) is 19.4 Å². The molecule has 1 aromatic rings. The fourth-order valence-electron chi connectivity index (χ4n) is 1.57. The molecule has 2 nitrogen and oxygen atoms in total. The van der Waals surface area contributed by atoms with Gasteiger partial charge in [0.1, 0.15) is 0 Å². The van der Waals surface area contributed by atoms with E-state index in [1.165, 1.54) is 11.1 Å². The van der Waals surface area contributed by atoms with Crippen molar-refractivity contribution in [1.29, 1.82) is 0 Å². The van der Waals surface area contributed by atoms with Crippen LogP contribution in [0.25, 0.3) is 0 Å². The van der Waals surface area contributed by atoms with Crippen LogP contribution in [0.2, 0.25) is 0 Å². The SMILES string of the molecule is CC(N)Cc1ccc(CCN(C)C)cc1. The number of hydrogen-bond donors (Lipinski definition) is 1. The minimum absolute atomic E-state index is 0.248. The fraction of sp³-hybridized carbons (Fsp3) is 0.538. The van der Waals surface area contributed by atoms with E-state index >= 15 is 0 Å². The second kappa shape index (κ2) is 5.89. The highest BCUT2D eigenvalue weighted by molar-refractivity contribution is 5.23. The van der Waals surface area contributed by atoms with Gasteiger partial charge in [-0.1, -0.05) is 24.3 Å². The van der Waals surface area contributed by atoms with Crippen molar-refractivity contribution < 1.29 is 0 Å². The van der Waals surface area contributed by atoms with Crippen molar-refractivity contribution >= 4 is 0 Å². The number of nitrogens with zero attached hydrogens (tertiary/aromatic N) is 1. The standard InChI is InChI=1S/C13H22N2/c1-11(14)10-13-6-4-12(5-7-13)8-9-15(2)3/h4-7,11H,8-10,14H2,1-3H3. The first-order valence-corrected chi connectivity index (χ1v) is 5.56. The predicted molar refractivity (Wildman–Crippen MR) is 66.1 cm³/mol. The third-order valence-electron chi connectivity index (χ3n) is 2.43. The quantitative estimate of drug-likeness (QED) is 0.794. The molecule has 0 heterocycles. The van der Waals surface area contributed by atoms with Gasteiger partial charge in [-0.2, -0.15) is 0 Å². The van der Waals surface area contributed by atoms with Gasteiger partial charge in [0.15, 0.2) is 0 Å². The Morgan fingerprint density at radius 2 is 1.67 bits per heavy atom. The topological polar surface area (TPSA) is 29.3 Å². The summed E-state index contributed by atoms with van der Waals surface area (Å²) >= 11 is 0. The van der Waals surface area contributed by atoms with Gasteiger partial charge in [0, 0.05) is 12.6 Å².